The number of benzene rings is 2. The molecule has 1 aliphatic heterocycles. The quantitative estimate of drug-likeness (QED) is 0.578. The van der Waals surface area contributed by atoms with Crippen molar-refractivity contribution in [3.63, 3.8) is 0 Å². The summed E-state index contributed by atoms with van der Waals surface area (Å²) in [6.45, 7) is 3.97. The lowest BCUT2D eigenvalue weighted by Gasteiger charge is -2.40. The number of nitrogens with zero attached hydrogens (tertiary/aromatic N) is 4. The maximum atomic E-state index is 12.6. The highest BCUT2D eigenvalue weighted by Crippen LogP contribution is 2.25. The first-order valence-electron chi connectivity index (χ1n) is 10.1. The van der Waals surface area contributed by atoms with Gasteiger partial charge in [0.05, 0.1) is 0 Å². The van der Waals surface area contributed by atoms with Gasteiger partial charge < -0.3 is 19.3 Å². The summed E-state index contributed by atoms with van der Waals surface area (Å²) in [5.41, 5.74) is 0. The minimum absolute atomic E-state index is 0.0227. The number of aromatic nitrogens is 2. The van der Waals surface area contributed by atoms with Gasteiger partial charge in [0.1, 0.15) is 23.6 Å². The highest BCUT2D eigenvalue weighted by Gasteiger charge is 2.28. The second-order valence-corrected chi connectivity index (χ2v) is 7.69. The summed E-state index contributed by atoms with van der Waals surface area (Å²) >= 11 is 5.92. The Morgan fingerprint density at radius 1 is 1.06 bits per heavy atom. The van der Waals surface area contributed by atoms with Crippen molar-refractivity contribution in [1.29, 1.82) is 0 Å². The lowest BCUT2D eigenvalue weighted by atomic mass is 10.2. The summed E-state index contributed by atoms with van der Waals surface area (Å²) < 4.78 is 11.4. The van der Waals surface area contributed by atoms with Crippen LogP contribution in [0.15, 0.2) is 67.0 Å². The van der Waals surface area contributed by atoms with Gasteiger partial charge in [-0.3, -0.25) is 4.79 Å². The Balaban J connectivity index is 1.35. The third-order valence-corrected chi connectivity index (χ3v) is 5.29. The topological polar surface area (TPSA) is 67.8 Å². The molecule has 0 N–H and O–H groups in total. The molecule has 0 spiro atoms. The Kier molecular flexibility index (Phi) is 6.52. The number of hydrogen-bond donors (Lipinski definition) is 0. The fraction of sp³-hybridized carbons (Fsp3) is 0.261. The maximum Gasteiger partial charge on any atom is 0.260 e. The van der Waals surface area contributed by atoms with Crippen molar-refractivity contribution in [3.05, 3.63) is 72.0 Å². The lowest BCUT2D eigenvalue weighted by molar-refractivity contribution is -0.135. The summed E-state index contributed by atoms with van der Waals surface area (Å²) in [5.74, 6) is 2.53. The Bertz CT molecular complexity index is 1020. The van der Waals surface area contributed by atoms with Crippen molar-refractivity contribution in [2.24, 2.45) is 0 Å². The van der Waals surface area contributed by atoms with Gasteiger partial charge in [-0.05, 0) is 43.3 Å². The average Bonchev–Trinajstić information content (AvgIpc) is 2.80. The van der Waals surface area contributed by atoms with Gasteiger partial charge in [0, 0.05) is 36.8 Å². The van der Waals surface area contributed by atoms with Crippen molar-refractivity contribution in [2.45, 2.75) is 13.0 Å². The SMILES string of the molecule is CC1CN(c2cc(Oc3ccc(Cl)cc3)ncn2)CCN1C(=O)COc1ccccc1. The van der Waals surface area contributed by atoms with E-state index in [0.717, 1.165) is 5.82 Å². The molecule has 4 rings (SSSR count). The van der Waals surface area contributed by atoms with Gasteiger partial charge in [-0.2, -0.15) is 0 Å². The van der Waals surface area contributed by atoms with Crippen LogP contribution in [0.1, 0.15) is 6.92 Å². The van der Waals surface area contributed by atoms with E-state index in [4.69, 9.17) is 21.1 Å². The first-order chi connectivity index (χ1) is 15.1. The Hall–Kier alpha value is -3.32. The molecule has 1 amide bonds. The zero-order chi connectivity index (χ0) is 21.6. The van der Waals surface area contributed by atoms with Gasteiger partial charge in [0.15, 0.2) is 6.61 Å². The van der Waals surface area contributed by atoms with E-state index < -0.39 is 0 Å². The monoisotopic (exact) mass is 438 g/mol. The average molecular weight is 439 g/mol. The van der Waals surface area contributed by atoms with E-state index in [1.807, 2.05) is 42.2 Å². The molecule has 0 aliphatic carbocycles. The predicted molar refractivity (Wildman–Crippen MR) is 119 cm³/mol. The van der Waals surface area contributed by atoms with Gasteiger partial charge in [-0.25, -0.2) is 9.97 Å². The van der Waals surface area contributed by atoms with E-state index in [9.17, 15) is 4.79 Å². The molecule has 7 nitrogen and oxygen atoms in total. The Labute approximate surface area is 186 Å². The van der Waals surface area contributed by atoms with Crippen molar-refractivity contribution >= 4 is 23.3 Å². The summed E-state index contributed by atoms with van der Waals surface area (Å²) in [6.07, 6.45) is 1.48. The molecule has 0 bridgehead atoms. The normalized spacial score (nSPS) is 16.1. The van der Waals surface area contributed by atoms with Gasteiger partial charge >= 0.3 is 0 Å². The molecule has 8 heteroatoms. The zero-order valence-corrected chi connectivity index (χ0v) is 17.9. The third-order valence-electron chi connectivity index (χ3n) is 5.04. The molecule has 1 aliphatic rings. The minimum Gasteiger partial charge on any atom is -0.484 e. The molecule has 1 aromatic heterocycles. The standard InChI is InChI=1S/C23H23ClN4O3/c1-17-14-27(11-12-28(17)23(29)15-30-19-5-3-2-4-6-19)21-13-22(26-16-25-21)31-20-9-7-18(24)8-10-20/h2-10,13,16-17H,11-12,14-15H2,1H3. The second-order valence-electron chi connectivity index (χ2n) is 7.25. The predicted octanol–water partition coefficient (Wildman–Crippen LogP) is 4.04. The van der Waals surface area contributed by atoms with E-state index in [0.29, 0.717) is 42.0 Å². The van der Waals surface area contributed by atoms with Crippen molar-refractivity contribution < 1.29 is 14.3 Å². The Morgan fingerprint density at radius 3 is 2.58 bits per heavy atom. The number of halogens is 1. The maximum absolute atomic E-state index is 12.6. The highest BCUT2D eigenvalue weighted by atomic mass is 35.5. The minimum atomic E-state index is -0.0227. The number of anilines is 1. The largest absolute Gasteiger partial charge is 0.484 e. The van der Waals surface area contributed by atoms with Crippen LogP contribution in [0.3, 0.4) is 0 Å². The number of carbonyl (C=O) groups excluding carboxylic acids is 1. The summed E-state index contributed by atoms with van der Waals surface area (Å²) in [6, 6.07) is 18.3. The fourth-order valence-corrected chi connectivity index (χ4v) is 3.59. The molecule has 1 saturated heterocycles. The number of hydrogen-bond acceptors (Lipinski definition) is 6. The van der Waals surface area contributed by atoms with E-state index in [1.165, 1.54) is 6.33 Å². The summed E-state index contributed by atoms with van der Waals surface area (Å²) in [5, 5.41) is 0.645. The molecule has 2 heterocycles. The Morgan fingerprint density at radius 2 is 1.84 bits per heavy atom. The number of rotatable bonds is 6. The van der Waals surface area contributed by atoms with Gasteiger partial charge in [-0.15, -0.1) is 0 Å². The molecule has 2 aromatic carbocycles. The number of carbonyl (C=O) groups is 1. The first kappa shape index (κ1) is 20.9. The van der Waals surface area contributed by atoms with Crippen LogP contribution in [0.2, 0.25) is 5.02 Å². The smallest absolute Gasteiger partial charge is 0.260 e. The van der Waals surface area contributed by atoms with E-state index in [1.54, 1.807) is 30.3 Å². The fourth-order valence-electron chi connectivity index (χ4n) is 3.46. The van der Waals surface area contributed by atoms with Crippen LogP contribution in [0.5, 0.6) is 17.4 Å². The van der Waals surface area contributed by atoms with Gasteiger partial charge in [0.2, 0.25) is 5.88 Å². The molecular formula is C23H23ClN4O3. The number of amides is 1. The molecule has 31 heavy (non-hydrogen) atoms. The number of para-hydroxylation sites is 1. The molecule has 0 saturated carbocycles. The van der Waals surface area contributed by atoms with Crippen LogP contribution in [-0.2, 0) is 4.79 Å². The van der Waals surface area contributed by atoms with Crippen LogP contribution >= 0.6 is 11.6 Å². The highest BCUT2D eigenvalue weighted by molar-refractivity contribution is 6.30. The number of ether oxygens (including phenoxy) is 2. The molecule has 0 radical (unpaired) electrons. The molecule has 1 atom stereocenters. The number of piperazine rings is 1. The van der Waals surface area contributed by atoms with E-state index in [2.05, 4.69) is 14.9 Å². The molecule has 1 fully saturated rings. The van der Waals surface area contributed by atoms with Crippen LogP contribution in [-0.4, -0.2) is 53.1 Å². The molecule has 160 valence electrons. The van der Waals surface area contributed by atoms with Crippen LogP contribution in [0.25, 0.3) is 0 Å². The van der Waals surface area contributed by atoms with Gasteiger partial charge in [-0.1, -0.05) is 29.8 Å². The summed E-state index contributed by atoms with van der Waals surface area (Å²) in [4.78, 5) is 25.2. The molecule has 3 aromatic rings. The summed E-state index contributed by atoms with van der Waals surface area (Å²) in [7, 11) is 0. The van der Waals surface area contributed by atoms with Crippen LogP contribution in [0.4, 0.5) is 5.82 Å². The van der Waals surface area contributed by atoms with Gasteiger partial charge in [0.25, 0.3) is 5.91 Å². The molecule has 1 unspecified atom stereocenters. The van der Waals surface area contributed by atoms with Crippen LogP contribution < -0.4 is 14.4 Å². The van der Waals surface area contributed by atoms with Crippen molar-refractivity contribution in [3.8, 4) is 17.4 Å². The zero-order valence-electron chi connectivity index (χ0n) is 17.1. The van der Waals surface area contributed by atoms with Crippen molar-refractivity contribution in [2.75, 3.05) is 31.1 Å². The second kappa shape index (κ2) is 9.66. The van der Waals surface area contributed by atoms with E-state index >= 15 is 0 Å². The third kappa shape index (κ3) is 5.44. The first-order valence-corrected chi connectivity index (χ1v) is 10.4. The van der Waals surface area contributed by atoms with Crippen LogP contribution in [0, 0.1) is 0 Å². The van der Waals surface area contributed by atoms with Crippen molar-refractivity contribution in [1.82, 2.24) is 14.9 Å². The van der Waals surface area contributed by atoms with E-state index in [-0.39, 0.29) is 18.6 Å². The molecular weight excluding hydrogens is 416 g/mol. The lowest BCUT2D eigenvalue weighted by Crippen LogP contribution is -2.55.